The van der Waals surface area contributed by atoms with Crippen LogP contribution < -0.4 is 5.32 Å². The van der Waals surface area contributed by atoms with E-state index in [1.807, 2.05) is 0 Å². The zero-order valence-corrected chi connectivity index (χ0v) is 9.97. The quantitative estimate of drug-likeness (QED) is 0.728. The van der Waals surface area contributed by atoms with Gasteiger partial charge in [0.2, 0.25) is 0 Å². The van der Waals surface area contributed by atoms with E-state index in [4.69, 9.17) is 0 Å². The molecular weight excluding hydrogens is 170 g/mol. The summed E-state index contributed by atoms with van der Waals surface area (Å²) < 4.78 is 0. The van der Waals surface area contributed by atoms with Crippen LogP contribution in [0.25, 0.3) is 0 Å². The fraction of sp³-hybridized carbons (Fsp3) is 1.00. The van der Waals surface area contributed by atoms with Gasteiger partial charge in [-0.1, -0.05) is 40.0 Å². The second kappa shape index (κ2) is 3.84. The number of hydrogen-bond donors (Lipinski definition) is 1. The molecule has 0 radical (unpaired) electrons. The zero-order chi connectivity index (χ0) is 10.2. The van der Waals surface area contributed by atoms with Crippen LogP contribution in [0, 0.1) is 11.3 Å². The van der Waals surface area contributed by atoms with Gasteiger partial charge in [0, 0.05) is 12.1 Å². The smallest absolute Gasteiger partial charge is 0.0127 e. The van der Waals surface area contributed by atoms with Gasteiger partial charge in [-0.3, -0.25) is 0 Å². The Labute approximate surface area is 88.7 Å². The van der Waals surface area contributed by atoms with Crippen molar-refractivity contribution >= 4 is 0 Å². The molecule has 0 amide bonds. The van der Waals surface area contributed by atoms with Gasteiger partial charge in [-0.15, -0.1) is 0 Å². The molecule has 0 aromatic heterocycles. The van der Waals surface area contributed by atoms with Gasteiger partial charge >= 0.3 is 0 Å². The summed E-state index contributed by atoms with van der Waals surface area (Å²) in [7, 11) is 0. The Bertz CT molecular complexity index is 197. The van der Waals surface area contributed by atoms with E-state index in [0.717, 1.165) is 18.0 Å². The van der Waals surface area contributed by atoms with Crippen LogP contribution in [0.1, 0.15) is 59.3 Å². The lowest BCUT2D eigenvalue weighted by Gasteiger charge is -2.32. The molecule has 0 heterocycles. The molecule has 0 aromatic rings. The van der Waals surface area contributed by atoms with E-state index < -0.39 is 0 Å². The second-order valence-corrected chi connectivity index (χ2v) is 5.97. The molecule has 1 N–H and O–H groups in total. The molecule has 3 unspecified atom stereocenters. The summed E-state index contributed by atoms with van der Waals surface area (Å²) in [6.07, 6.45) is 8.54. The molecule has 0 spiro atoms. The Morgan fingerprint density at radius 2 is 1.86 bits per heavy atom. The summed E-state index contributed by atoms with van der Waals surface area (Å²) in [5.41, 5.74) is 0.593. The lowest BCUT2D eigenvalue weighted by atomic mass is 9.83. The van der Waals surface area contributed by atoms with Crippen LogP contribution in [-0.4, -0.2) is 12.1 Å². The largest absolute Gasteiger partial charge is 0.310 e. The van der Waals surface area contributed by atoms with Crippen LogP contribution in [0.15, 0.2) is 0 Å². The van der Waals surface area contributed by atoms with E-state index in [1.165, 1.54) is 38.5 Å². The van der Waals surface area contributed by atoms with E-state index in [0.29, 0.717) is 5.41 Å². The van der Waals surface area contributed by atoms with Crippen molar-refractivity contribution in [2.24, 2.45) is 11.3 Å². The topological polar surface area (TPSA) is 12.0 Å². The molecule has 0 bridgehead atoms. The van der Waals surface area contributed by atoms with Crippen molar-refractivity contribution < 1.29 is 0 Å². The molecule has 2 fully saturated rings. The third-order valence-electron chi connectivity index (χ3n) is 4.36. The van der Waals surface area contributed by atoms with Crippen molar-refractivity contribution in [1.82, 2.24) is 5.32 Å². The SMILES string of the molecule is CCC1CCCCC1NC1CC1(C)C. The van der Waals surface area contributed by atoms with Crippen molar-refractivity contribution in [3.8, 4) is 0 Å². The van der Waals surface area contributed by atoms with E-state index in [1.54, 1.807) is 0 Å². The highest BCUT2D eigenvalue weighted by molar-refractivity contribution is 5.03. The minimum atomic E-state index is 0.593. The van der Waals surface area contributed by atoms with Crippen LogP contribution in [0.5, 0.6) is 0 Å². The van der Waals surface area contributed by atoms with Crippen LogP contribution in [-0.2, 0) is 0 Å². The van der Waals surface area contributed by atoms with E-state index in [-0.39, 0.29) is 0 Å². The van der Waals surface area contributed by atoms with Crippen LogP contribution in [0.3, 0.4) is 0 Å². The predicted molar refractivity (Wildman–Crippen MR) is 61.4 cm³/mol. The molecular formula is C13H25N. The van der Waals surface area contributed by atoms with Gasteiger partial charge in [0.1, 0.15) is 0 Å². The Kier molecular flexibility index (Phi) is 2.88. The standard InChI is InChI=1S/C13H25N/c1-4-10-7-5-6-8-11(10)14-12-9-13(12,2)3/h10-12,14H,4-9H2,1-3H3. The average molecular weight is 195 g/mol. The van der Waals surface area contributed by atoms with E-state index in [9.17, 15) is 0 Å². The normalized spacial score (nSPS) is 40.9. The number of rotatable bonds is 3. The molecule has 0 aromatic carbocycles. The fourth-order valence-corrected chi connectivity index (χ4v) is 2.93. The van der Waals surface area contributed by atoms with Crippen molar-refractivity contribution in [1.29, 1.82) is 0 Å². The lowest BCUT2D eigenvalue weighted by Crippen LogP contribution is -2.40. The summed E-state index contributed by atoms with van der Waals surface area (Å²) >= 11 is 0. The highest BCUT2D eigenvalue weighted by Crippen LogP contribution is 2.45. The first kappa shape index (κ1) is 10.5. The van der Waals surface area contributed by atoms with Crippen molar-refractivity contribution in [3.05, 3.63) is 0 Å². The second-order valence-electron chi connectivity index (χ2n) is 5.97. The van der Waals surface area contributed by atoms with Crippen LogP contribution in [0.2, 0.25) is 0 Å². The minimum absolute atomic E-state index is 0.593. The molecule has 82 valence electrons. The Hall–Kier alpha value is -0.0400. The summed E-state index contributed by atoms with van der Waals surface area (Å²) in [4.78, 5) is 0. The predicted octanol–water partition coefficient (Wildman–Crippen LogP) is 3.34. The highest BCUT2D eigenvalue weighted by Gasteiger charge is 2.46. The maximum absolute atomic E-state index is 3.88. The minimum Gasteiger partial charge on any atom is -0.310 e. The van der Waals surface area contributed by atoms with Crippen molar-refractivity contribution in [3.63, 3.8) is 0 Å². The maximum atomic E-state index is 3.88. The maximum Gasteiger partial charge on any atom is 0.0127 e. The molecule has 0 saturated heterocycles. The number of nitrogens with one attached hydrogen (secondary N) is 1. The monoisotopic (exact) mass is 195 g/mol. The number of hydrogen-bond acceptors (Lipinski definition) is 1. The molecule has 1 heteroatoms. The lowest BCUT2D eigenvalue weighted by molar-refractivity contribution is 0.247. The van der Waals surface area contributed by atoms with Gasteiger partial charge in [-0.25, -0.2) is 0 Å². The van der Waals surface area contributed by atoms with E-state index in [2.05, 4.69) is 26.1 Å². The van der Waals surface area contributed by atoms with Gasteiger partial charge in [0.05, 0.1) is 0 Å². The summed E-state index contributed by atoms with van der Waals surface area (Å²) in [5, 5.41) is 3.88. The molecule has 2 aliphatic rings. The molecule has 2 aliphatic carbocycles. The fourth-order valence-electron chi connectivity index (χ4n) is 2.93. The third-order valence-corrected chi connectivity index (χ3v) is 4.36. The van der Waals surface area contributed by atoms with Crippen molar-refractivity contribution in [2.45, 2.75) is 71.4 Å². The van der Waals surface area contributed by atoms with Crippen LogP contribution >= 0.6 is 0 Å². The average Bonchev–Trinajstić information content (AvgIpc) is 2.75. The molecule has 14 heavy (non-hydrogen) atoms. The van der Waals surface area contributed by atoms with Gasteiger partial charge in [0.25, 0.3) is 0 Å². The Morgan fingerprint density at radius 3 is 2.43 bits per heavy atom. The molecule has 2 saturated carbocycles. The first-order chi connectivity index (χ1) is 6.63. The zero-order valence-electron chi connectivity index (χ0n) is 9.97. The van der Waals surface area contributed by atoms with Gasteiger partial charge in [0.15, 0.2) is 0 Å². The molecule has 3 atom stereocenters. The van der Waals surface area contributed by atoms with Crippen molar-refractivity contribution in [2.75, 3.05) is 0 Å². The van der Waals surface area contributed by atoms with Gasteiger partial charge in [-0.05, 0) is 30.6 Å². The third kappa shape index (κ3) is 2.13. The first-order valence-corrected chi connectivity index (χ1v) is 6.39. The Morgan fingerprint density at radius 1 is 1.21 bits per heavy atom. The van der Waals surface area contributed by atoms with Gasteiger partial charge in [-0.2, -0.15) is 0 Å². The van der Waals surface area contributed by atoms with Crippen LogP contribution in [0.4, 0.5) is 0 Å². The summed E-state index contributed by atoms with van der Waals surface area (Å²) in [6, 6.07) is 1.65. The Balaban J connectivity index is 1.83. The highest BCUT2D eigenvalue weighted by atomic mass is 15.0. The summed E-state index contributed by atoms with van der Waals surface area (Å²) in [6.45, 7) is 7.12. The van der Waals surface area contributed by atoms with E-state index >= 15 is 0 Å². The summed E-state index contributed by atoms with van der Waals surface area (Å²) in [5.74, 6) is 0.958. The first-order valence-electron chi connectivity index (χ1n) is 6.39. The molecule has 0 aliphatic heterocycles. The molecule has 1 nitrogen and oxygen atoms in total. The molecule has 2 rings (SSSR count). The van der Waals surface area contributed by atoms with Gasteiger partial charge < -0.3 is 5.32 Å².